The van der Waals surface area contributed by atoms with Crippen LogP contribution in [0.15, 0.2) is 4.79 Å². The van der Waals surface area contributed by atoms with Gasteiger partial charge in [-0.05, 0) is 25.7 Å². The summed E-state index contributed by atoms with van der Waals surface area (Å²) in [6.45, 7) is 0.227. The molecule has 1 aromatic heterocycles. The Morgan fingerprint density at radius 3 is 2.62 bits per heavy atom. The van der Waals surface area contributed by atoms with E-state index in [0.29, 0.717) is 0 Å². The highest BCUT2D eigenvalue weighted by Gasteiger charge is 2.17. The number of aromatic amines is 1. The zero-order chi connectivity index (χ0) is 11.8. The van der Waals surface area contributed by atoms with Crippen LogP contribution in [-0.2, 0) is 29.2 Å². The van der Waals surface area contributed by atoms with Crippen LogP contribution >= 0.6 is 0 Å². The quantitative estimate of drug-likeness (QED) is 0.819. The third-order valence-corrected chi connectivity index (χ3v) is 3.85. The number of sulfone groups is 1. The molecular weight excluding hydrogens is 228 g/mol. The minimum absolute atomic E-state index is 0.00625. The van der Waals surface area contributed by atoms with Gasteiger partial charge < -0.3 is 0 Å². The van der Waals surface area contributed by atoms with E-state index in [-0.39, 0.29) is 17.9 Å². The van der Waals surface area contributed by atoms with Crippen LogP contribution in [0.4, 0.5) is 0 Å². The van der Waals surface area contributed by atoms with E-state index in [0.717, 1.165) is 36.9 Å². The van der Waals surface area contributed by atoms with E-state index in [9.17, 15) is 13.2 Å². The first-order valence-corrected chi connectivity index (χ1v) is 7.52. The number of hydrogen-bond donors (Lipinski definition) is 1. The third kappa shape index (κ3) is 2.37. The van der Waals surface area contributed by atoms with Crippen molar-refractivity contribution in [2.24, 2.45) is 0 Å². The summed E-state index contributed by atoms with van der Waals surface area (Å²) in [4.78, 5) is 11.9. The summed E-state index contributed by atoms with van der Waals surface area (Å²) >= 11 is 0. The Bertz CT molecular complexity index is 539. The van der Waals surface area contributed by atoms with Crippen molar-refractivity contribution >= 4 is 9.84 Å². The lowest BCUT2D eigenvalue weighted by molar-refractivity contribution is 0.578. The average molecular weight is 244 g/mol. The molecule has 1 aromatic rings. The van der Waals surface area contributed by atoms with Crippen molar-refractivity contribution in [1.82, 2.24) is 9.78 Å². The van der Waals surface area contributed by atoms with Gasteiger partial charge in [0.2, 0.25) is 0 Å². The van der Waals surface area contributed by atoms with Gasteiger partial charge in [0, 0.05) is 17.5 Å². The minimum Gasteiger partial charge on any atom is -0.299 e. The number of H-pyrrole nitrogens is 1. The Kier molecular flexibility index (Phi) is 2.92. The van der Waals surface area contributed by atoms with Crippen LogP contribution in [0.25, 0.3) is 0 Å². The predicted molar refractivity (Wildman–Crippen MR) is 61.4 cm³/mol. The molecule has 6 heteroatoms. The first-order chi connectivity index (χ1) is 7.47. The maximum atomic E-state index is 11.9. The highest BCUT2D eigenvalue weighted by molar-refractivity contribution is 7.90. The van der Waals surface area contributed by atoms with Gasteiger partial charge in [-0.1, -0.05) is 0 Å². The zero-order valence-corrected chi connectivity index (χ0v) is 10.1. The van der Waals surface area contributed by atoms with Gasteiger partial charge in [0.25, 0.3) is 5.56 Å². The highest BCUT2D eigenvalue weighted by atomic mass is 32.2. The summed E-state index contributed by atoms with van der Waals surface area (Å²) in [6, 6.07) is 0. The van der Waals surface area contributed by atoms with Crippen molar-refractivity contribution in [2.45, 2.75) is 32.2 Å². The lowest BCUT2D eigenvalue weighted by atomic mass is 9.98. The van der Waals surface area contributed by atoms with Crippen molar-refractivity contribution in [3.63, 3.8) is 0 Å². The number of nitrogens with one attached hydrogen (secondary N) is 1. The lowest BCUT2D eigenvalue weighted by Crippen LogP contribution is -2.23. The second kappa shape index (κ2) is 4.08. The Balaban J connectivity index is 2.23. The van der Waals surface area contributed by atoms with E-state index in [1.165, 1.54) is 10.9 Å². The van der Waals surface area contributed by atoms with Gasteiger partial charge in [-0.25, -0.2) is 8.42 Å². The molecule has 0 amide bonds. The van der Waals surface area contributed by atoms with Gasteiger partial charge in [-0.3, -0.25) is 14.6 Å². The van der Waals surface area contributed by atoms with Crippen LogP contribution < -0.4 is 5.56 Å². The van der Waals surface area contributed by atoms with Gasteiger partial charge >= 0.3 is 0 Å². The number of fused-ring (bicyclic) bond motifs is 1. The molecule has 5 nitrogen and oxygen atoms in total. The highest BCUT2D eigenvalue weighted by Crippen LogP contribution is 2.15. The minimum atomic E-state index is -3.02. The van der Waals surface area contributed by atoms with Crippen LogP contribution in [0, 0.1) is 0 Å². The molecule has 0 saturated heterocycles. The molecule has 0 saturated carbocycles. The van der Waals surface area contributed by atoms with Gasteiger partial charge in [0.15, 0.2) is 0 Å². The van der Waals surface area contributed by atoms with Gasteiger partial charge in [0.05, 0.1) is 12.3 Å². The maximum Gasteiger partial charge on any atom is 0.269 e. The summed E-state index contributed by atoms with van der Waals surface area (Å²) in [7, 11) is -3.02. The Morgan fingerprint density at radius 1 is 1.31 bits per heavy atom. The molecule has 16 heavy (non-hydrogen) atoms. The summed E-state index contributed by atoms with van der Waals surface area (Å²) in [5, 5.41) is 3.01. The molecule has 0 radical (unpaired) electrons. The Hall–Kier alpha value is -1.04. The monoisotopic (exact) mass is 244 g/mol. The molecule has 0 atom stereocenters. The number of aromatic nitrogens is 2. The second-order valence-electron chi connectivity index (χ2n) is 4.36. The van der Waals surface area contributed by atoms with E-state index in [1.807, 2.05) is 0 Å². The molecule has 0 bridgehead atoms. The smallest absolute Gasteiger partial charge is 0.269 e. The van der Waals surface area contributed by atoms with Crippen LogP contribution in [0.1, 0.15) is 24.1 Å². The van der Waals surface area contributed by atoms with Crippen molar-refractivity contribution in [3.05, 3.63) is 21.6 Å². The molecule has 0 spiro atoms. The SMILES string of the molecule is CS(=O)(=O)CCn1[nH]c2c(c1=O)CCCC2. The molecule has 0 unspecified atom stereocenters. The number of rotatable bonds is 3. The van der Waals surface area contributed by atoms with Gasteiger partial charge in [-0.15, -0.1) is 0 Å². The van der Waals surface area contributed by atoms with E-state index >= 15 is 0 Å². The number of hydrogen-bond acceptors (Lipinski definition) is 3. The zero-order valence-electron chi connectivity index (χ0n) is 9.32. The van der Waals surface area contributed by atoms with Crippen LogP contribution in [0.3, 0.4) is 0 Å². The fourth-order valence-corrected chi connectivity index (χ4v) is 2.57. The van der Waals surface area contributed by atoms with Crippen molar-refractivity contribution in [1.29, 1.82) is 0 Å². The summed E-state index contributed by atoms with van der Waals surface area (Å²) in [5.41, 5.74) is 1.79. The first kappa shape index (κ1) is 11.4. The van der Waals surface area contributed by atoms with Crippen molar-refractivity contribution in [2.75, 3.05) is 12.0 Å². The molecule has 90 valence electrons. The van der Waals surface area contributed by atoms with E-state index in [4.69, 9.17) is 0 Å². The van der Waals surface area contributed by atoms with Crippen molar-refractivity contribution in [3.8, 4) is 0 Å². The molecule has 0 aromatic carbocycles. The Labute approximate surface area is 94.4 Å². The fraction of sp³-hybridized carbons (Fsp3) is 0.700. The number of nitrogens with zero attached hydrogens (tertiary/aromatic N) is 1. The maximum absolute atomic E-state index is 11.9. The molecule has 1 aliphatic rings. The first-order valence-electron chi connectivity index (χ1n) is 5.45. The summed E-state index contributed by atoms with van der Waals surface area (Å²) in [5.74, 6) is 0.00625. The van der Waals surface area contributed by atoms with Crippen LogP contribution in [-0.4, -0.2) is 30.2 Å². The van der Waals surface area contributed by atoms with E-state index < -0.39 is 9.84 Å². The number of aryl methyl sites for hydroxylation is 2. The molecule has 0 aliphatic heterocycles. The second-order valence-corrected chi connectivity index (χ2v) is 6.62. The largest absolute Gasteiger partial charge is 0.299 e. The molecule has 1 aliphatic carbocycles. The topological polar surface area (TPSA) is 71.9 Å². The average Bonchev–Trinajstić information content (AvgIpc) is 2.53. The normalized spacial score (nSPS) is 16.1. The summed E-state index contributed by atoms with van der Waals surface area (Å²) in [6.07, 6.45) is 5.04. The van der Waals surface area contributed by atoms with Gasteiger partial charge in [-0.2, -0.15) is 0 Å². The van der Waals surface area contributed by atoms with Gasteiger partial charge in [0.1, 0.15) is 9.84 Å². The summed E-state index contributed by atoms with van der Waals surface area (Å²) < 4.78 is 23.5. The molecule has 0 fully saturated rings. The molecule has 1 heterocycles. The van der Waals surface area contributed by atoms with E-state index in [1.54, 1.807) is 0 Å². The fourth-order valence-electron chi connectivity index (χ4n) is 2.06. The van der Waals surface area contributed by atoms with Crippen molar-refractivity contribution < 1.29 is 8.42 Å². The van der Waals surface area contributed by atoms with E-state index in [2.05, 4.69) is 5.10 Å². The Morgan fingerprint density at radius 2 is 2.00 bits per heavy atom. The molecule has 2 rings (SSSR count). The molecule has 1 N–H and O–H groups in total. The third-order valence-electron chi connectivity index (χ3n) is 2.93. The van der Waals surface area contributed by atoms with Crippen LogP contribution in [0.5, 0.6) is 0 Å². The molecular formula is C10H16N2O3S. The lowest BCUT2D eigenvalue weighted by Gasteiger charge is -2.07. The predicted octanol–water partition coefficient (Wildman–Crippen LogP) is 0.0998. The standard InChI is InChI=1S/C10H16N2O3S/c1-16(14,15)7-6-12-10(13)8-4-2-3-5-9(8)11-12/h11H,2-7H2,1H3. The van der Waals surface area contributed by atoms with Crippen LogP contribution in [0.2, 0.25) is 0 Å².